The van der Waals surface area contributed by atoms with Gasteiger partial charge in [0.25, 0.3) is 0 Å². The smallest absolute Gasteiger partial charge is 0.152 e. The Morgan fingerprint density at radius 2 is 1.50 bits per heavy atom. The Morgan fingerprint density at radius 1 is 1.00 bits per heavy atom. The maximum Gasteiger partial charge on any atom is 0.152 e. The Bertz CT molecular complexity index is 438. The van der Waals surface area contributed by atoms with Gasteiger partial charge in [-0.2, -0.15) is 5.26 Å². The summed E-state index contributed by atoms with van der Waals surface area (Å²) in [4.78, 5) is 0. The van der Waals surface area contributed by atoms with Crippen molar-refractivity contribution < 1.29 is 0 Å². The molecule has 16 heavy (non-hydrogen) atoms. The molecule has 0 fully saturated rings. The lowest BCUT2D eigenvalue weighted by molar-refractivity contribution is 0.828. The Kier molecular flexibility index (Phi) is 4.15. The van der Waals surface area contributed by atoms with Crippen molar-refractivity contribution in [1.29, 1.82) is 5.26 Å². The summed E-state index contributed by atoms with van der Waals surface area (Å²) in [6, 6.07) is 8.15. The zero-order valence-electron chi connectivity index (χ0n) is 10.3. The summed E-state index contributed by atoms with van der Waals surface area (Å²) in [6.07, 6.45) is 0. The van der Waals surface area contributed by atoms with E-state index in [2.05, 4.69) is 57.7 Å². The lowest BCUT2D eigenvalue weighted by atomic mass is 9.89. The number of rotatable bonds is 2. The molecule has 1 aromatic rings. The molecule has 0 aliphatic rings. The van der Waals surface area contributed by atoms with Gasteiger partial charge in [0, 0.05) is 11.5 Å². The molecule has 1 aromatic carbocycles. The molecule has 0 spiro atoms. The van der Waals surface area contributed by atoms with E-state index in [1.807, 2.05) is 6.07 Å². The number of hydrogen-bond donors (Lipinski definition) is 0. The van der Waals surface area contributed by atoms with Crippen LogP contribution in [0.3, 0.4) is 0 Å². The molecule has 1 heteroatoms. The van der Waals surface area contributed by atoms with Gasteiger partial charge in [-0.05, 0) is 23.0 Å². The van der Waals surface area contributed by atoms with Crippen LogP contribution in [-0.4, -0.2) is 0 Å². The minimum Gasteiger partial charge on any atom is -0.183 e. The first kappa shape index (κ1) is 12.3. The van der Waals surface area contributed by atoms with Crippen molar-refractivity contribution >= 4 is 0 Å². The van der Waals surface area contributed by atoms with E-state index >= 15 is 0 Å². The first-order valence-corrected chi connectivity index (χ1v) is 5.60. The molecule has 0 saturated carbocycles. The van der Waals surface area contributed by atoms with Crippen LogP contribution in [0.15, 0.2) is 18.2 Å². The third kappa shape index (κ3) is 2.65. The molecule has 0 heterocycles. The number of nitriles is 1. The van der Waals surface area contributed by atoms with Gasteiger partial charge in [0.2, 0.25) is 0 Å². The van der Waals surface area contributed by atoms with Crippen molar-refractivity contribution in [2.24, 2.45) is 0 Å². The fraction of sp³-hybridized carbons (Fsp3) is 0.400. The molecule has 0 atom stereocenters. The van der Waals surface area contributed by atoms with Crippen LogP contribution < -0.4 is 0 Å². The van der Waals surface area contributed by atoms with Crippen LogP contribution in [0.25, 0.3) is 0 Å². The maximum absolute atomic E-state index is 8.56. The SMILES string of the molecule is CC(C)c1cccc(C(C)C)c1C#CC#N. The van der Waals surface area contributed by atoms with Gasteiger partial charge in [-0.1, -0.05) is 51.8 Å². The zero-order chi connectivity index (χ0) is 12.1. The van der Waals surface area contributed by atoms with Gasteiger partial charge < -0.3 is 0 Å². The summed E-state index contributed by atoms with van der Waals surface area (Å²) in [5.41, 5.74) is 3.50. The van der Waals surface area contributed by atoms with Crippen molar-refractivity contribution in [1.82, 2.24) is 0 Å². The molecule has 0 aromatic heterocycles. The minimum atomic E-state index is 0.432. The predicted molar refractivity (Wildman–Crippen MR) is 67.1 cm³/mol. The largest absolute Gasteiger partial charge is 0.183 e. The first-order valence-electron chi connectivity index (χ1n) is 5.60. The Morgan fingerprint density at radius 3 is 1.88 bits per heavy atom. The molecule has 1 nitrogen and oxygen atoms in total. The van der Waals surface area contributed by atoms with E-state index in [1.54, 1.807) is 0 Å². The fourth-order valence-electron chi connectivity index (χ4n) is 1.79. The van der Waals surface area contributed by atoms with Crippen molar-refractivity contribution in [3.05, 3.63) is 34.9 Å². The van der Waals surface area contributed by atoms with Gasteiger partial charge in [-0.3, -0.25) is 0 Å². The lowest BCUT2D eigenvalue weighted by Gasteiger charge is -2.15. The predicted octanol–water partition coefficient (Wildman–Crippen LogP) is 3.81. The topological polar surface area (TPSA) is 23.8 Å². The van der Waals surface area contributed by atoms with E-state index in [1.165, 1.54) is 11.1 Å². The highest BCUT2D eigenvalue weighted by atomic mass is 14.2. The Labute approximate surface area is 98.1 Å². The second-order valence-electron chi connectivity index (χ2n) is 4.48. The molecule has 0 amide bonds. The molecule has 1 rings (SSSR count). The van der Waals surface area contributed by atoms with Crippen LogP contribution in [0.4, 0.5) is 0 Å². The Balaban J connectivity index is 3.42. The van der Waals surface area contributed by atoms with Crippen LogP contribution >= 0.6 is 0 Å². The summed E-state index contributed by atoms with van der Waals surface area (Å²) in [7, 11) is 0. The first-order chi connectivity index (χ1) is 7.57. The zero-order valence-corrected chi connectivity index (χ0v) is 10.3. The van der Waals surface area contributed by atoms with Crippen molar-refractivity contribution in [3.8, 4) is 17.9 Å². The van der Waals surface area contributed by atoms with Crippen LogP contribution in [0.2, 0.25) is 0 Å². The van der Waals surface area contributed by atoms with Crippen LogP contribution in [0.1, 0.15) is 56.2 Å². The third-order valence-corrected chi connectivity index (χ3v) is 2.62. The molecule has 0 radical (unpaired) electrons. The normalized spacial score (nSPS) is 9.81. The molecule has 0 unspecified atom stereocenters. The van der Waals surface area contributed by atoms with Crippen molar-refractivity contribution in [2.75, 3.05) is 0 Å². The summed E-state index contributed by atoms with van der Waals surface area (Å²) in [6.45, 7) is 8.60. The van der Waals surface area contributed by atoms with Gasteiger partial charge in [0.05, 0.1) is 0 Å². The molecule has 0 aliphatic heterocycles. The summed E-state index contributed by atoms with van der Waals surface area (Å²) < 4.78 is 0. The van der Waals surface area contributed by atoms with E-state index in [0.717, 1.165) is 5.56 Å². The Hall–Kier alpha value is -1.73. The average Bonchev–Trinajstić information content (AvgIpc) is 2.25. The monoisotopic (exact) mass is 211 g/mol. The highest BCUT2D eigenvalue weighted by Gasteiger charge is 2.11. The number of hydrogen-bond acceptors (Lipinski definition) is 1. The van der Waals surface area contributed by atoms with Gasteiger partial charge >= 0.3 is 0 Å². The molecular formula is C15H17N. The number of nitrogens with zero attached hydrogens (tertiary/aromatic N) is 1. The van der Waals surface area contributed by atoms with Gasteiger partial charge in [0.15, 0.2) is 6.07 Å². The van der Waals surface area contributed by atoms with Crippen LogP contribution in [-0.2, 0) is 0 Å². The summed E-state index contributed by atoms with van der Waals surface area (Å²) in [5.74, 6) is 6.36. The van der Waals surface area contributed by atoms with E-state index < -0.39 is 0 Å². The molecule has 0 bridgehead atoms. The van der Waals surface area contributed by atoms with Crippen LogP contribution in [0.5, 0.6) is 0 Å². The third-order valence-electron chi connectivity index (χ3n) is 2.62. The van der Waals surface area contributed by atoms with E-state index in [9.17, 15) is 0 Å². The standard InChI is InChI=1S/C15H17N/c1-11(2)13-7-5-8-14(12(3)4)15(13)9-6-10-16/h5,7-8,11-12H,1-4H3. The molecule has 0 N–H and O–H groups in total. The quantitative estimate of drug-likeness (QED) is 0.682. The van der Waals surface area contributed by atoms with Crippen LogP contribution in [0, 0.1) is 23.2 Å². The molecule has 0 aliphatic carbocycles. The number of benzene rings is 1. The van der Waals surface area contributed by atoms with Gasteiger partial charge in [-0.15, -0.1) is 0 Å². The molecular weight excluding hydrogens is 194 g/mol. The summed E-state index contributed by atoms with van der Waals surface area (Å²) >= 11 is 0. The minimum absolute atomic E-state index is 0.432. The van der Waals surface area contributed by atoms with E-state index in [0.29, 0.717) is 11.8 Å². The second-order valence-corrected chi connectivity index (χ2v) is 4.48. The van der Waals surface area contributed by atoms with Gasteiger partial charge in [0.1, 0.15) is 0 Å². The highest BCUT2D eigenvalue weighted by molar-refractivity contribution is 5.51. The van der Waals surface area contributed by atoms with Crippen molar-refractivity contribution in [3.63, 3.8) is 0 Å². The average molecular weight is 211 g/mol. The fourth-order valence-corrected chi connectivity index (χ4v) is 1.79. The lowest BCUT2D eigenvalue weighted by Crippen LogP contribution is -1.99. The maximum atomic E-state index is 8.56. The van der Waals surface area contributed by atoms with Crippen molar-refractivity contribution in [2.45, 2.75) is 39.5 Å². The molecule has 82 valence electrons. The molecule has 0 saturated heterocycles. The van der Waals surface area contributed by atoms with E-state index in [-0.39, 0.29) is 0 Å². The van der Waals surface area contributed by atoms with E-state index in [4.69, 9.17) is 5.26 Å². The van der Waals surface area contributed by atoms with Gasteiger partial charge in [-0.25, -0.2) is 0 Å². The second kappa shape index (κ2) is 5.38. The highest BCUT2D eigenvalue weighted by Crippen LogP contribution is 2.26. The summed E-state index contributed by atoms with van der Waals surface area (Å²) in [5, 5.41) is 8.56.